The van der Waals surface area contributed by atoms with Gasteiger partial charge in [0.25, 0.3) is 0 Å². The maximum Gasteiger partial charge on any atom is 0.408 e. The Morgan fingerprint density at radius 1 is 1.07 bits per heavy atom. The molecular weight excluding hydrogens is 402 g/mol. The highest BCUT2D eigenvalue weighted by Gasteiger charge is 2.37. The Balaban J connectivity index is 2.32. The molecule has 1 amide bonds. The molecule has 0 aromatic heterocycles. The molecule has 30 heavy (non-hydrogen) atoms. The number of hydrogen-bond donors (Lipinski definition) is 1. The molecule has 2 aromatic rings. The summed E-state index contributed by atoms with van der Waals surface area (Å²) in [6.07, 6.45) is -0.820. The van der Waals surface area contributed by atoms with Crippen molar-refractivity contribution in [3.8, 4) is 0 Å². The summed E-state index contributed by atoms with van der Waals surface area (Å²) in [5, 5.41) is 3.28. The summed E-state index contributed by atoms with van der Waals surface area (Å²) in [5.74, 6) is -0.298. The summed E-state index contributed by atoms with van der Waals surface area (Å²) in [6.45, 7) is 7.93. The van der Waals surface area contributed by atoms with Gasteiger partial charge < -0.3 is 14.8 Å². The molecule has 2 aromatic carbocycles. The van der Waals surface area contributed by atoms with E-state index in [1.165, 1.54) is 7.11 Å². The van der Waals surface area contributed by atoms with Gasteiger partial charge in [0.2, 0.25) is 0 Å². The van der Waals surface area contributed by atoms with E-state index in [1.54, 1.807) is 6.07 Å². The van der Waals surface area contributed by atoms with Crippen LogP contribution in [-0.4, -0.2) is 25.2 Å². The standard InChI is InChI=1S/C24H30ClNO4/c1-16(2)14-20(22(27)29-5)26-23(28)30-21(17-10-7-6-8-11-17)24(3,4)18-12-9-13-19(25)15-18/h6-13,15-16,20-21H,14H2,1-5H3,(H,26,28)/t20-,21?/m0/s1. The van der Waals surface area contributed by atoms with Crippen LogP contribution in [0.2, 0.25) is 5.02 Å². The molecule has 0 bridgehead atoms. The average molecular weight is 432 g/mol. The lowest BCUT2D eigenvalue weighted by Crippen LogP contribution is -2.44. The van der Waals surface area contributed by atoms with E-state index in [2.05, 4.69) is 5.32 Å². The lowest BCUT2D eigenvalue weighted by Gasteiger charge is -2.35. The number of carbonyl (C=O) groups excluding carboxylic acids is 2. The van der Waals surface area contributed by atoms with E-state index in [0.717, 1.165) is 11.1 Å². The molecule has 0 heterocycles. The fourth-order valence-corrected chi connectivity index (χ4v) is 3.60. The zero-order chi connectivity index (χ0) is 22.3. The third-order valence-electron chi connectivity index (χ3n) is 5.04. The van der Waals surface area contributed by atoms with Crippen LogP contribution in [0.15, 0.2) is 54.6 Å². The van der Waals surface area contributed by atoms with Crippen molar-refractivity contribution in [2.75, 3.05) is 7.11 Å². The largest absolute Gasteiger partial charge is 0.467 e. The van der Waals surface area contributed by atoms with Crippen LogP contribution in [0, 0.1) is 5.92 Å². The Kier molecular flexibility index (Phi) is 8.30. The number of rotatable bonds is 8. The summed E-state index contributed by atoms with van der Waals surface area (Å²) in [5.41, 5.74) is 1.20. The number of hydrogen-bond acceptors (Lipinski definition) is 4. The van der Waals surface area contributed by atoms with Gasteiger partial charge in [-0.1, -0.05) is 81.8 Å². The van der Waals surface area contributed by atoms with Gasteiger partial charge in [0.15, 0.2) is 0 Å². The van der Waals surface area contributed by atoms with Gasteiger partial charge in [-0.15, -0.1) is 0 Å². The third kappa shape index (κ3) is 6.23. The second-order valence-corrected chi connectivity index (χ2v) is 8.71. The molecule has 0 aliphatic carbocycles. The van der Waals surface area contributed by atoms with Gasteiger partial charge in [0, 0.05) is 10.4 Å². The Labute approximate surface area is 183 Å². The van der Waals surface area contributed by atoms with Crippen LogP contribution in [0.25, 0.3) is 0 Å². The van der Waals surface area contributed by atoms with Crippen LogP contribution >= 0.6 is 11.6 Å². The number of nitrogens with one attached hydrogen (secondary N) is 1. The average Bonchev–Trinajstić information content (AvgIpc) is 2.71. The Hall–Kier alpha value is -2.53. The number of alkyl carbamates (subject to hydrolysis) is 1. The highest BCUT2D eigenvalue weighted by atomic mass is 35.5. The second-order valence-electron chi connectivity index (χ2n) is 8.28. The fourth-order valence-electron chi connectivity index (χ4n) is 3.41. The van der Waals surface area contributed by atoms with Crippen molar-refractivity contribution in [3.63, 3.8) is 0 Å². The van der Waals surface area contributed by atoms with E-state index in [0.29, 0.717) is 11.4 Å². The molecule has 0 fully saturated rings. The summed E-state index contributed by atoms with van der Waals surface area (Å²) in [6, 6.07) is 16.3. The Morgan fingerprint density at radius 3 is 2.30 bits per heavy atom. The normalized spacial score (nSPS) is 13.4. The van der Waals surface area contributed by atoms with Gasteiger partial charge in [0.05, 0.1) is 7.11 Å². The highest BCUT2D eigenvalue weighted by Crippen LogP contribution is 2.40. The van der Waals surface area contributed by atoms with Gasteiger partial charge in [0.1, 0.15) is 12.1 Å². The minimum absolute atomic E-state index is 0.197. The first-order chi connectivity index (χ1) is 14.1. The van der Waals surface area contributed by atoms with Crippen molar-refractivity contribution < 1.29 is 19.1 Å². The molecule has 0 saturated heterocycles. The van der Waals surface area contributed by atoms with Crippen molar-refractivity contribution in [1.82, 2.24) is 5.32 Å². The smallest absolute Gasteiger partial charge is 0.408 e. The van der Waals surface area contributed by atoms with Crippen LogP contribution in [0.1, 0.15) is 51.3 Å². The minimum atomic E-state index is -0.770. The highest BCUT2D eigenvalue weighted by molar-refractivity contribution is 6.30. The number of halogens is 1. The third-order valence-corrected chi connectivity index (χ3v) is 5.27. The first kappa shape index (κ1) is 23.7. The quantitative estimate of drug-likeness (QED) is 0.546. The molecule has 2 atom stereocenters. The molecule has 0 radical (unpaired) electrons. The number of benzene rings is 2. The van der Waals surface area contributed by atoms with Crippen molar-refractivity contribution in [2.24, 2.45) is 5.92 Å². The molecule has 1 N–H and O–H groups in total. The van der Waals surface area contributed by atoms with Gasteiger partial charge in [-0.2, -0.15) is 0 Å². The van der Waals surface area contributed by atoms with Crippen LogP contribution < -0.4 is 5.32 Å². The van der Waals surface area contributed by atoms with Crippen molar-refractivity contribution in [1.29, 1.82) is 0 Å². The zero-order valence-corrected chi connectivity index (χ0v) is 18.9. The van der Waals surface area contributed by atoms with E-state index in [1.807, 2.05) is 76.2 Å². The molecule has 0 spiro atoms. The van der Waals surface area contributed by atoms with Crippen LogP contribution in [0.5, 0.6) is 0 Å². The van der Waals surface area contributed by atoms with E-state index < -0.39 is 29.6 Å². The topological polar surface area (TPSA) is 64.6 Å². The molecule has 6 heteroatoms. The maximum atomic E-state index is 12.8. The molecular formula is C24H30ClNO4. The first-order valence-corrected chi connectivity index (χ1v) is 10.4. The monoisotopic (exact) mass is 431 g/mol. The minimum Gasteiger partial charge on any atom is -0.467 e. The van der Waals surface area contributed by atoms with E-state index in [-0.39, 0.29) is 5.92 Å². The lowest BCUT2D eigenvalue weighted by molar-refractivity contribution is -0.143. The summed E-state index contributed by atoms with van der Waals surface area (Å²) in [4.78, 5) is 24.9. The van der Waals surface area contributed by atoms with Crippen LogP contribution in [-0.2, 0) is 19.7 Å². The number of esters is 1. The van der Waals surface area contributed by atoms with Gasteiger partial charge in [-0.3, -0.25) is 0 Å². The predicted octanol–water partition coefficient (Wildman–Crippen LogP) is 5.67. The SMILES string of the molecule is COC(=O)[C@H](CC(C)C)NC(=O)OC(c1ccccc1)C(C)(C)c1cccc(Cl)c1. The van der Waals surface area contributed by atoms with Crippen molar-refractivity contribution >= 4 is 23.7 Å². The van der Waals surface area contributed by atoms with Crippen LogP contribution in [0.4, 0.5) is 4.79 Å². The summed E-state index contributed by atoms with van der Waals surface area (Å²) < 4.78 is 10.7. The molecule has 0 aliphatic heterocycles. The van der Waals surface area contributed by atoms with E-state index >= 15 is 0 Å². The summed E-state index contributed by atoms with van der Waals surface area (Å²) in [7, 11) is 1.30. The maximum absolute atomic E-state index is 12.8. The Bertz CT molecular complexity index is 851. The summed E-state index contributed by atoms with van der Waals surface area (Å²) >= 11 is 6.20. The molecule has 5 nitrogen and oxygen atoms in total. The number of amides is 1. The number of carbonyl (C=O) groups is 2. The van der Waals surface area contributed by atoms with E-state index in [9.17, 15) is 9.59 Å². The van der Waals surface area contributed by atoms with E-state index in [4.69, 9.17) is 21.1 Å². The molecule has 0 aliphatic rings. The molecule has 1 unspecified atom stereocenters. The van der Waals surface area contributed by atoms with Crippen LogP contribution in [0.3, 0.4) is 0 Å². The predicted molar refractivity (Wildman–Crippen MR) is 119 cm³/mol. The van der Waals surface area contributed by atoms with Gasteiger partial charge >= 0.3 is 12.1 Å². The fraction of sp³-hybridized carbons (Fsp3) is 0.417. The first-order valence-electron chi connectivity index (χ1n) is 10.0. The zero-order valence-electron chi connectivity index (χ0n) is 18.1. The van der Waals surface area contributed by atoms with Gasteiger partial charge in [-0.25, -0.2) is 9.59 Å². The van der Waals surface area contributed by atoms with Crippen molar-refractivity contribution in [2.45, 2.75) is 51.7 Å². The number of ether oxygens (including phenoxy) is 2. The Morgan fingerprint density at radius 2 is 1.73 bits per heavy atom. The number of methoxy groups -OCH3 is 1. The molecule has 0 saturated carbocycles. The lowest BCUT2D eigenvalue weighted by atomic mass is 9.76. The molecule has 162 valence electrons. The second kappa shape index (κ2) is 10.5. The van der Waals surface area contributed by atoms with Gasteiger partial charge in [-0.05, 0) is 35.6 Å². The molecule has 2 rings (SSSR count). The van der Waals surface area contributed by atoms with Crippen molar-refractivity contribution in [3.05, 3.63) is 70.7 Å².